The van der Waals surface area contributed by atoms with Crippen LogP contribution in [-0.4, -0.2) is 50.4 Å². The molecule has 0 aromatic heterocycles. The fourth-order valence-electron chi connectivity index (χ4n) is 2.72. The van der Waals surface area contributed by atoms with Gasteiger partial charge in [0.2, 0.25) is 10.0 Å². The molecule has 1 aliphatic heterocycles. The number of nitrogens with zero attached hydrogens (tertiary/aromatic N) is 2. The van der Waals surface area contributed by atoms with Gasteiger partial charge < -0.3 is 15.8 Å². The minimum atomic E-state index is -4.75. The highest BCUT2D eigenvalue weighted by atomic mass is 32.2. The lowest BCUT2D eigenvalue weighted by Crippen LogP contribution is -2.45. The van der Waals surface area contributed by atoms with Crippen LogP contribution in [0.25, 0.3) is 0 Å². The molecule has 0 saturated carbocycles. The van der Waals surface area contributed by atoms with Gasteiger partial charge in [-0.3, -0.25) is 4.99 Å². The van der Waals surface area contributed by atoms with Gasteiger partial charge in [0, 0.05) is 18.3 Å². The van der Waals surface area contributed by atoms with E-state index in [-0.39, 0.29) is 24.3 Å². The van der Waals surface area contributed by atoms with Gasteiger partial charge in [-0.05, 0) is 37.1 Å². The maximum Gasteiger partial charge on any atom is 0.573 e. The van der Waals surface area contributed by atoms with E-state index in [4.69, 9.17) is 5.73 Å². The second-order valence-corrected chi connectivity index (χ2v) is 7.88. The number of anilines is 1. The van der Waals surface area contributed by atoms with Crippen LogP contribution in [0.15, 0.2) is 29.3 Å². The molecule has 0 spiro atoms. The topological polar surface area (TPSA) is 97.0 Å². The molecule has 1 atom stereocenters. The van der Waals surface area contributed by atoms with Gasteiger partial charge in [-0.1, -0.05) is 6.42 Å². The largest absolute Gasteiger partial charge is 0.573 e. The Hall–Kier alpha value is -2.01. The number of halogens is 3. The Morgan fingerprint density at radius 3 is 2.58 bits per heavy atom. The Kier molecular flexibility index (Phi) is 6.34. The molecule has 146 valence electrons. The normalized spacial score (nSPS) is 20.0. The third-order valence-corrected chi connectivity index (χ3v) is 5.16. The Bertz CT molecular complexity index is 735. The van der Waals surface area contributed by atoms with Crippen LogP contribution in [0.3, 0.4) is 0 Å². The van der Waals surface area contributed by atoms with Gasteiger partial charge in [-0.15, -0.1) is 13.2 Å². The molecule has 1 aliphatic rings. The van der Waals surface area contributed by atoms with Gasteiger partial charge in [0.05, 0.1) is 12.8 Å². The van der Waals surface area contributed by atoms with Crippen molar-refractivity contribution in [2.45, 2.75) is 31.7 Å². The molecule has 2 rings (SSSR count). The SMILES string of the molecule is CS(=O)(=O)N1CCCCC1CN=C(N)Nc1ccc(OC(F)(F)F)cc1. The number of alkyl halides is 3. The van der Waals surface area contributed by atoms with E-state index in [1.807, 2.05) is 0 Å². The average molecular weight is 394 g/mol. The third-order valence-electron chi connectivity index (χ3n) is 3.83. The molecule has 11 heteroatoms. The van der Waals surface area contributed by atoms with Gasteiger partial charge in [0.15, 0.2) is 5.96 Å². The second kappa shape index (κ2) is 8.12. The van der Waals surface area contributed by atoms with Crippen molar-refractivity contribution < 1.29 is 26.3 Å². The van der Waals surface area contributed by atoms with E-state index in [9.17, 15) is 21.6 Å². The maximum absolute atomic E-state index is 12.1. The van der Waals surface area contributed by atoms with E-state index >= 15 is 0 Å². The van der Waals surface area contributed by atoms with E-state index in [0.29, 0.717) is 18.7 Å². The van der Waals surface area contributed by atoms with E-state index in [0.717, 1.165) is 25.0 Å². The maximum atomic E-state index is 12.1. The second-order valence-electron chi connectivity index (χ2n) is 5.95. The van der Waals surface area contributed by atoms with E-state index in [1.165, 1.54) is 22.7 Å². The predicted octanol–water partition coefficient (Wildman–Crippen LogP) is 2.13. The summed E-state index contributed by atoms with van der Waals surface area (Å²) >= 11 is 0. The highest BCUT2D eigenvalue weighted by Crippen LogP contribution is 2.24. The fraction of sp³-hybridized carbons (Fsp3) is 0.533. The number of nitrogens with one attached hydrogen (secondary N) is 1. The van der Waals surface area contributed by atoms with Crippen LogP contribution < -0.4 is 15.8 Å². The first-order valence-corrected chi connectivity index (χ1v) is 9.79. The number of hydrogen-bond acceptors (Lipinski definition) is 4. The smallest absolute Gasteiger partial charge is 0.406 e. The number of aliphatic imine (C=N–C) groups is 1. The summed E-state index contributed by atoms with van der Waals surface area (Å²) in [7, 11) is -3.30. The van der Waals surface area contributed by atoms with Crippen molar-refractivity contribution >= 4 is 21.7 Å². The molecule has 26 heavy (non-hydrogen) atoms. The van der Waals surface area contributed by atoms with Gasteiger partial charge in [-0.2, -0.15) is 4.31 Å². The zero-order valence-corrected chi connectivity index (χ0v) is 15.0. The molecule has 0 aliphatic carbocycles. The molecule has 3 N–H and O–H groups in total. The molecule has 1 aromatic carbocycles. The Morgan fingerprint density at radius 2 is 2.00 bits per heavy atom. The zero-order chi connectivity index (χ0) is 19.4. The molecular weight excluding hydrogens is 373 g/mol. The summed E-state index contributed by atoms with van der Waals surface area (Å²) in [6.45, 7) is 0.675. The van der Waals surface area contributed by atoms with Gasteiger partial charge in [-0.25, -0.2) is 8.42 Å². The minimum absolute atomic E-state index is 0.0496. The third kappa shape index (κ3) is 6.37. The van der Waals surface area contributed by atoms with Crippen LogP contribution in [-0.2, 0) is 10.0 Å². The molecule has 1 saturated heterocycles. The van der Waals surface area contributed by atoms with Crippen LogP contribution in [0, 0.1) is 0 Å². The van der Waals surface area contributed by atoms with Gasteiger partial charge in [0.25, 0.3) is 0 Å². The Labute approximate surface area is 150 Å². The summed E-state index contributed by atoms with van der Waals surface area (Å²) < 4.78 is 65.2. The highest BCUT2D eigenvalue weighted by molar-refractivity contribution is 7.88. The van der Waals surface area contributed by atoms with Gasteiger partial charge in [0.1, 0.15) is 5.75 Å². The van der Waals surface area contributed by atoms with E-state index < -0.39 is 16.4 Å². The Morgan fingerprint density at radius 1 is 1.35 bits per heavy atom. The molecule has 0 amide bonds. The van der Waals surface area contributed by atoms with E-state index in [2.05, 4.69) is 15.0 Å². The van der Waals surface area contributed by atoms with Crippen LogP contribution in [0.5, 0.6) is 5.75 Å². The zero-order valence-electron chi connectivity index (χ0n) is 14.2. The average Bonchev–Trinajstić information content (AvgIpc) is 2.53. The number of piperidine rings is 1. The summed E-state index contributed by atoms with van der Waals surface area (Å²) in [5.74, 6) is -0.293. The van der Waals surface area contributed by atoms with Crippen molar-refractivity contribution in [1.82, 2.24) is 4.31 Å². The Balaban J connectivity index is 1.95. The van der Waals surface area contributed by atoms with Crippen LogP contribution in [0.2, 0.25) is 0 Å². The standard InChI is InChI=1S/C15H21F3N4O3S/c1-26(23,24)22-9-3-2-4-12(22)10-20-14(19)21-11-5-7-13(8-6-11)25-15(16,17)18/h5-8,12H,2-4,9-10H2,1H3,(H3,19,20,21). The molecular formula is C15H21F3N4O3S. The summed E-state index contributed by atoms with van der Waals surface area (Å²) in [5, 5.41) is 2.75. The van der Waals surface area contributed by atoms with Crippen molar-refractivity contribution in [2.75, 3.05) is 24.7 Å². The van der Waals surface area contributed by atoms with Crippen LogP contribution in [0.4, 0.5) is 18.9 Å². The summed E-state index contributed by atoms with van der Waals surface area (Å²) in [5.41, 5.74) is 6.21. The van der Waals surface area contributed by atoms with Crippen molar-refractivity contribution in [1.29, 1.82) is 0 Å². The summed E-state index contributed by atoms with van der Waals surface area (Å²) in [6, 6.07) is 4.78. The van der Waals surface area contributed by atoms with Crippen molar-refractivity contribution in [3.8, 4) is 5.75 Å². The highest BCUT2D eigenvalue weighted by Gasteiger charge is 2.31. The first kappa shape index (κ1) is 20.3. The molecule has 1 heterocycles. The number of nitrogens with two attached hydrogens (primary N) is 1. The molecule has 1 fully saturated rings. The number of benzene rings is 1. The lowest BCUT2D eigenvalue weighted by Gasteiger charge is -2.32. The number of sulfonamides is 1. The summed E-state index contributed by atoms with van der Waals surface area (Å²) in [6.07, 6.45) is -1.15. The van der Waals surface area contributed by atoms with Gasteiger partial charge >= 0.3 is 6.36 Å². The van der Waals surface area contributed by atoms with Crippen molar-refractivity contribution in [2.24, 2.45) is 10.7 Å². The molecule has 0 bridgehead atoms. The summed E-state index contributed by atoms with van der Waals surface area (Å²) in [4.78, 5) is 4.15. The lowest BCUT2D eigenvalue weighted by molar-refractivity contribution is -0.274. The molecule has 1 aromatic rings. The predicted molar refractivity (Wildman–Crippen MR) is 92.4 cm³/mol. The van der Waals surface area contributed by atoms with E-state index in [1.54, 1.807) is 0 Å². The quantitative estimate of drug-likeness (QED) is 0.589. The van der Waals surface area contributed by atoms with Crippen LogP contribution in [0.1, 0.15) is 19.3 Å². The molecule has 7 nitrogen and oxygen atoms in total. The first-order chi connectivity index (χ1) is 12.0. The molecule has 1 unspecified atom stereocenters. The monoisotopic (exact) mass is 394 g/mol. The number of ether oxygens (including phenoxy) is 1. The number of guanidine groups is 1. The number of hydrogen-bond donors (Lipinski definition) is 2. The fourth-order valence-corrected chi connectivity index (χ4v) is 3.90. The van der Waals surface area contributed by atoms with Crippen molar-refractivity contribution in [3.63, 3.8) is 0 Å². The lowest BCUT2D eigenvalue weighted by atomic mass is 10.1. The molecule has 0 radical (unpaired) electrons. The van der Waals surface area contributed by atoms with Crippen LogP contribution >= 0.6 is 0 Å². The minimum Gasteiger partial charge on any atom is -0.406 e. The number of rotatable bonds is 5. The van der Waals surface area contributed by atoms with Crippen molar-refractivity contribution in [3.05, 3.63) is 24.3 Å². The first-order valence-electron chi connectivity index (χ1n) is 7.94.